The lowest BCUT2D eigenvalue weighted by molar-refractivity contribution is -0.224. The second kappa shape index (κ2) is 7.18. The molecule has 1 aromatic heterocycles. The van der Waals surface area contributed by atoms with Gasteiger partial charge in [0, 0.05) is 36.0 Å². The van der Waals surface area contributed by atoms with Crippen molar-refractivity contribution in [2.45, 2.75) is 75.9 Å². The van der Waals surface area contributed by atoms with Crippen LogP contribution in [0.5, 0.6) is 0 Å². The Labute approximate surface area is 205 Å². The number of amides is 1. The highest BCUT2D eigenvalue weighted by atomic mass is 35.5. The third-order valence-electron chi connectivity index (χ3n) is 8.35. The van der Waals surface area contributed by atoms with Crippen LogP contribution in [0.3, 0.4) is 0 Å². The first kappa shape index (κ1) is 23.2. The zero-order chi connectivity index (χ0) is 25.0. The standard InChI is InChI=1S/C24H26ClF4N5O/c1-21(2,24(27,28)29)33-10-14-7-16(25)3-4-17(14)34-18(11-33)30-31-19(34)15-8-22(9-15)12-32(13-22)20(35)23(26)5-6-23/h3-4,7,15H,5-6,8-13H2,1-2H3. The van der Waals surface area contributed by atoms with E-state index < -0.39 is 17.4 Å². The first-order valence-corrected chi connectivity index (χ1v) is 12.2. The number of rotatable bonds is 3. The quantitative estimate of drug-likeness (QED) is 0.556. The maximum absolute atomic E-state index is 14.1. The van der Waals surface area contributed by atoms with Gasteiger partial charge in [0.15, 0.2) is 11.5 Å². The first-order chi connectivity index (χ1) is 16.3. The summed E-state index contributed by atoms with van der Waals surface area (Å²) < 4.78 is 57.8. The van der Waals surface area contributed by atoms with Gasteiger partial charge < -0.3 is 4.90 Å². The predicted octanol–water partition coefficient (Wildman–Crippen LogP) is 4.79. The highest BCUT2D eigenvalue weighted by Crippen LogP contribution is 2.57. The van der Waals surface area contributed by atoms with Gasteiger partial charge in [0.05, 0.1) is 12.2 Å². The van der Waals surface area contributed by atoms with E-state index in [1.807, 2.05) is 10.6 Å². The molecule has 0 atom stereocenters. The molecule has 11 heteroatoms. The Bertz CT molecular complexity index is 1210. The van der Waals surface area contributed by atoms with E-state index in [1.165, 1.54) is 18.7 Å². The Morgan fingerprint density at radius 1 is 1.11 bits per heavy atom. The van der Waals surface area contributed by atoms with Crippen molar-refractivity contribution >= 4 is 17.5 Å². The summed E-state index contributed by atoms with van der Waals surface area (Å²) in [5.41, 5.74) is -2.33. The van der Waals surface area contributed by atoms with Crippen LogP contribution in [0.15, 0.2) is 18.2 Å². The molecule has 2 saturated carbocycles. The van der Waals surface area contributed by atoms with Gasteiger partial charge in [-0.05, 0) is 63.3 Å². The van der Waals surface area contributed by atoms with Crippen molar-refractivity contribution < 1.29 is 22.4 Å². The Morgan fingerprint density at radius 2 is 1.80 bits per heavy atom. The van der Waals surface area contributed by atoms with E-state index in [2.05, 4.69) is 10.2 Å². The number of halogens is 5. The summed E-state index contributed by atoms with van der Waals surface area (Å²) in [5.74, 6) is 0.855. The smallest absolute Gasteiger partial charge is 0.339 e. The monoisotopic (exact) mass is 511 g/mol. The average Bonchev–Trinajstić information content (AvgIpc) is 3.38. The number of carbonyl (C=O) groups excluding carboxylic acids is 1. The molecule has 6 rings (SSSR count). The fourth-order valence-corrected chi connectivity index (χ4v) is 6.00. The van der Waals surface area contributed by atoms with Gasteiger partial charge in [0.2, 0.25) is 0 Å². The molecule has 188 valence electrons. The van der Waals surface area contributed by atoms with Crippen molar-refractivity contribution in [2.24, 2.45) is 5.41 Å². The molecular formula is C24H26ClF4N5O. The zero-order valence-electron chi connectivity index (χ0n) is 19.5. The molecule has 1 amide bonds. The Hall–Kier alpha value is -2.20. The van der Waals surface area contributed by atoms with E-state index in [0.717, 1.165) is 24.4 Å². The fourth-order valence-electron chi connectivity index (χ4n) is 5.81. The van der Waals surface area contributed by atoms with Crippen LogP contribution in [0.4, 0.5) is 17.6 Å². The Morgan fingerprint density at radius 3 is 2.43 bits per heavy atom. The highest BCUT2D eigenvalue weighted by Gasteiger charge is 2.61. The summed E-state index contributed by atoms with van der Waals surface area (Å²) >= 11 is 6.22. The summed E-state index contributed by atoms with van der Waals surface area (Å²) in [6.45, 7) is 3.51. The minimum Gasteiger partial charge on any atom is -0.339 e. The van der Waals surface area contributed by atoms with Gasteiger partial charge in [-0.2, -0.15) is 13.2 Å². The number of alkyl halides is 4. The number of hydrogen-bond acceptors (Lipinski definition) is 4. The van der Waals surface area contributed by atoms with Crippen molar-refractivity contribution in [1.29, 1.82) is 0 Å². The molecule has 3 fully saturated rings. The molecule has 0 radical (unpaired) electrons. The van der Waals surface area contributed by atoms with Crippen molar-refractivity contribution in [1.82, 2.24) is 24.6 Å². The first-order valence-electron chi connectivity index (χ1n) is 11.9. The number of benzene rings is 1. The van der Waals surface area contributed by atoms with E-state index in [-0.39, 0.29) is 30.3 Å². The van der Waals surface area contributed by atoms with E-state index in [0.29, 0.717) is 42.3 Å². The van der Waals surface area contributed by atoms with Gasteiger partial charge in [0.1, 0.15) is 11.4 Å². The SMILES string of the molecule is CC(C)(N1Cc2cc(Cl)ccc2-n2c(nnc2C2CC3(C2)CN(C(=O)C2(F)CC2)C3)C1)C(F)(F)F. The van der Waals surface area contributed by atoms with Crippen LogP contribution in [0.2, 0.25) is 5.02 Å². The second-order valence-electron chi connectivity index (χ2n) is 11.2. The normalized spacial score (nSPS) is 23.2. The summed E-state index contributed by atoms with van der Waals surface area (Å²) in [4.78, 5) is 15.2. The molecule has 4 aliphatic rings. The van der Waals surface area contributed by atoms with Crippen molar-refractivity contribution in [3.8, 4) is 5.69 Å². The van der Waals surface area contributed by atoms with Crippen LogP contribution >= 0.6 is 11.6 Å². The van der Waals surface area contributed by atoms with Crippen molar-refractivity contribution in [2.75, 3.05) is 13.1 Å². The molecule has 1 saturated heterocycles. The number of nitrogens with zero attached hydrogens (tertiary/aromatic N) is 5. The number of likely N-dealkylation sites (tertiary alicyclic amines) is 1. The molecule has 2 aliphatic heterocycles. The van der Waals surface area contributed by atoms with Gasteiger partial charge in [-0.25, -0.2) is 4.39 Å². The zero-order valence-corrected chi connectivity index (χ0v) is 20.3. The average molecular weight is 512 g/mol. The van der Waals surface area contributed by atoms with Gasteiger partial charge in [-0.15, -0.1) is 10.2 Å². The molecule has 1 spiro atoms. The molecule has 1 aromatic carbocycles. The van der Waals surface area contributed by atoms with E-state index in [1.54, 1.807) is 17.0 Å². The molecule has 0 N–H and O–H groups in total. The fraction of sp³-hybridized carbons (Fsp3) is 0.625. The summed E-state index contributed by atoms with van der Waals surface area (Å²) in [6.07, 6.45) is -2.23. The van der Waals surface area contributed by atoms with Crippen LogP contribution in [-0.4, -0.2) is 60.9 Å². The third kappa shape index (κ3) is 3.50. The second-order valence-corrected chi connectivity index (χ2v) is 11.7. The highest BCUT2D eigenvalue weighted by molar-refractivity contribution is 6.30. The minimum absolute atomic E-state index is 0.00939. The number of fused-ring (bicyclic) bond motifs is 3. The lowest BCUT2D eigenvalue weighted by atomic mass is 9.57. The number of carbonyl (C=O) groups is 1. The molecule has 3 heterocycles. The third-order valence-corrected chi connectivity index (χ3v) is 8.59. The topological polar surface area (TPSA) is 54.3 Å². The largest absolute Gasteiger partial charge is 0.406 e. The lowest BCUT2D eigenvalue weighted by Crippen LogP contribution is -2.64. The van der Waals surface area contributed by atoms with Crippen LogP contribution in [0.1, 0.15) is 62.7 Å². The van der Waals surface area contributed by atoms with Crippen LogP contribution in [-0.2, 0) is 17.9 Å². The molecule has 0 bridgehead atoms. The van der Waals surface area contributed by atoms with Gasteiger partial charge in [0.25, 0.3) is 5.91 Å². The maximum Gasteiger partial charge on any atom is 0.406 e. The lowest BCUT2D eigenvalue weighted by Gasteiger charge is -2.59. The van der Waals surface area contributed by atoms with Gasteiger partial charge >= 0.3 is 6.18 Å². The Balaban J connectivity index is 1.27. The van der Waals surface area contributed by atoms with E-state index in [4.69, 9.17) is 11.6 Å². The maximum atomic E-state index is 14.1. The van der Waals surface area contributed by atoms with Crippen LogP contribution in [0, 0.1) is 5.41 Å². The van der Waals surface area contributed by atoms with Crippen LogP contribution in [0.25, 0.3) is 5.69 Å². The molecule has 6 nitrogen and oxygen atoms in total. The van der Waals surface area contributed by atoms with Crippen molar-refractivity contribution in [3.05, 3.63) is 40.4 Å². The van der Waals surface area contributed by atoms with Crippen LogP contribution < -0.4 is 0 Å². The van der Waals surface area contributed by atoms with Crippen molar-refractivity contribution in [3.63, 3.8) is 0 Å². The summed E-state index contributed by atoms with van der Waals surface area (Å²) in [6, 6.07) is 5.24. The molecular weight excluding hydrogens is 486 g/mol. The number of hydrogen-bond donors (Lipinski definition) is 0. The molecule has 35 heavy (non-hydrogen) atoms. The molecule has 0 unspecified atom stereocenters. The molecule has 2 aromatic rings. The van der Waals surface area contributed by atoms with E-state index in [9.17, 15) is 22.4 Å². The minimum atomic E-state index is -4.43. The Kier molecular flexibility index (Phi) is 4.76. The summed E-state index contributed by atoms with van der Waals surface area (Å²) in [5, 5.41) is 9.19. The van der Waals surface area contributed by atoms with E-state index >= 15 is 0 Å². The van der Waals surface area contributed by atoms with Gasteiger partial charge in [-0.1, -0.05) is 11.6 Å². The summed E-state index contributed by atoms with van der Waals surface area (Å²) in [7, 11) is 0. The predicted molar refractivity (Wildman–Crippen MR) is 120 cm³/mol. The number of aromatic nitrogens is 3. The van der Waals surface area contributed by atoms with Gasteiger partial charge in [-0.3, -0.25) is 14.3 Å². The molecule has 2 aliphatic carbocycles.